The number of fused-ring (bicyclic) bond motifs is 1. The van der Waals surface area contributed by atoms with Crippen LogP contribution in [0.2, 0.25) is 0 Å². The number of amides is 1. The zero-order chi connectivity index (χ0) is 22.9. The smallest absolute Gasteiger partial charge is 0.306 e. The number of carbonyl (C=O) groups excluding carboxylic acids is 1. The highest BCUT2D eigenvalue weighted by molar-refractivity contribution is 7.20. The van der Waals surface area contributed by atoms with E-state index in [1.807, 2.05) is 13.0 Å². The minimum Gasteiger partial charge on any atom is -0.481 e. The van der Waals surface area contributed by atoms with E-state index in [9.17, 15) is 14.7 Å². The molecule has 2 N–H and O–H groups in total. The number of aryl methyl sites for hydroxylation is 1. The van der Waals surface area contributed by atoms with Gasteiger partial charge in [-0.15, -0.1) is 11.3 Å². The predicted molar refractivity (Wildman–Crippen MR) is 127 cm³/mol. The summed E-state index contributed by atoms with van der Waals surface area (Å²) in [6.45, 7) is 5.31. The number of aromatic nitrogens is 2. The molecule has 1 saturated carbocycles. The van der Waals surface area contributed by atoms with Gasteiger partial charge in [0.25, 0.3) is 5.91 Å². The van der Waals surface area contributed by atoms with Crippen LogP contribution in [0.25, 0.3) is 10.2 Å². The molecule has 180 valence electrons. The number of likely N-dealkylation sites (tertiary alicyclic amines) is 1. The number of hydrogen-bond acceptors (Lipinski definition) is 6. The third-order valence-electron chi connectivity index (χ3n) is 7.76. The second kappa shape index (κ2) is 9.72. The molecule has 8 nitrogen and oxygen atoms in total. The van der Waals surface area contributed by atoms with E-state index >= 15 is 0 Å². The van der Waals surface area contributed by atoms with Gasteiger partial charge in [-0.25, -0.2) is 0 Å². The van der Waals surface area contributed by atoms with Crippen LogP contribution in [0, 0.1) is 12.8 Å². The van der Waals surface area contributed by atoms with Crippen molar-refractivity contribution in [1.29, 1.82) is 0 Å². The van der Waals surface area contributed by atoms with Gasteiger partial charge in [0.2, 0.25) is 0 Å². The maximum Gasteiger partial charge on any atom is 0.306 e. The number of thiophene rings is 1. The van der Waals surface area contributed by atoms with Gasteiger partial charge in [-0.1, -0.05) is 0 Å². The Balaban J connectivity index is 1.17. The summed E-state index contributed by atoms with van der Waals surface area (Å²) in [5.41, 5.74) is 0.985. The molecule has 0 unspecified atom stereocenters. The van der Waals surface area contributed by atoms with Crippen LogP contribution >= 0.6 is 11.3 Å². The summed E-state index contributed by atoms with van der Waals surface area (Å²) >= 11 is 1.55. The molecule has 1 amide bonds. The van der Waals surface area contributed by atoms with E-state index in [0.717, 1.165) is 98.5 Å². The number of nitrogens with zero attached hydrogens (tertiary/aromatic N) is 3. The zero-order valence-electron chi connectivity index (χ0n) is 19.3. The van der Waals surface area contributed by atoms with Gasteiger partial charge < -0.3 is 20.1 Å². The van der Waals surface area contributed by atoms with Gasteiger partial charge in [0, 0.05) is 30.7 Å². The van der Waals surface area contributed by atoms with Crippen LogP contribution < -0.4 is 5.32 Å². The lowest BCUT2D eigenvalue weighted by atomic mass is 9.87. The lowest BCUT2D eigenvalue weighted by Gasteiger charge is -2.40. The van der Waals surface area contributed by atoms with Gasteiger partial charge in [0.15, 0.2) is 0 Å². The van der Waals surface area contributed by atoms with E-state index < -0.39 is 5.97 Å². The van der Waals surface area contributed by atoms with Crippen molar-refractivity contribution in [2.45, 2.75) is 76.4 Å². The SMILES string of the molecule is Cc1nn(C2CCOCC2)c2sc(C(=O)N[C@H]3CC[C@H](N4CCC(C(=O)O)CC4)CC3)cc12. The number of aliphatic carboxylic acids is 1. The fourth-order valence-corrected chi connectivity index (χ4v) is 6.85. The highest BCUT2D eigenvalue weighted by Crippen LogP contribution is 2.34. The predicted octanol–water partition coefficient (Wildman–Crippen LogP) is 3.60. The summed E-state index contributed by atoms with van der Waals surface area (Å²) in [5.74, 6) is -0.807. The minimum absolute atomic E-state index is 0.0276. The lowest BCUT2D eigenvalue weighted by molar-refractivity contribution is -0.143. The van der Waals surface area contributed by atoms with Crippen LogP contribution in [0.4, 0.5) is 0 Å². The maximum atomic E-state index is 13.0. The zero-order valence-corrected chi connectivity index (χ0v) is 20.1. The normalized spacial score (nSPS) is 26.0. The molecule has 33 heavy (non-hydrogen) atoms. The van der Waals surface area contributed by atoms with Crippen LogP contribution in [-0.4, -0.2) is 70.1 Å². The van der Waals surface area contributed by atoms with Gasteiger partial charge >= 0.3 is 5.97 Å². The van der Waals surface area contributed by atoms with Gasteiger partial charge in [0.1, 0.15) is 4.83 Å². The van der Waals surface area contributed by atoms with Crippen LogP contribution in [0.1, 0.15) is 72.8 Å². The third kappa shape index (κ3) is 4.81. The van der Waals surface area contributed by atoms with Crippen molar-refractivity contribution in [2.24, 2.45) is 5.92 Å². The topological polar surface area (TPSA) is 96.7 Å². The first-order valence-corrected chi connectivity index (χ1v) is 13.2. The fourth-order valence-electron chi connectivity index (χ4n) is 5.71. The minimum atomic E-state index is -0.655. The molecular weight excluding hydrogens is 440 g/mol. The monoisotopic (exact) mass is 474 g/mol. The van der Waals surface area contributed by atoms with Crippen molar-refractivity contribution >= 4 is 33.4 Å². The Morgan fingerprint density at radius 1 is 1.06 bits per heavy atom. The molecule has 0 aromatic carbocycles. The van der Waals surface area contributed by atoms with Crippen LogP contribution in [-0.2, 0) is 9.53 Å². The molecule has 3 fully saturated rings. The van der Waals surface area contributed by atoms with E-state index in [4.69, 9.17) is 9.84 Å². The Bertz CT molecular complexity index is 996. The van der Waals surface area contributed by atoms with Crippen LogP contribution in [0.3, 0.4) is 0 Å². The summed E-state index contributed by atoms with van der Waals surface area (Å²) < 4.78 is 7.62. The van der Waals surface area contributed by atoms with Crippen molar-refractivity contribution in [3.63, 3.8) is 0 Å². The number of carbonyl (C=O) groups is 2. The van der Waals surface area contributed by atoms with E-state index in [1.165, 1.54) is 0 Å². The van der Waals surface area contributed by atoms with Gasteiger partial charge in [-0.05, 0) is 77.4 Å². The third-order valence-corrected chi connectivity index (χ3v) is 8.88. The average molecular weight is 475 g/mol. The molecule has 0 bridgehead atoms. The Morgan fingerprint density at radius 2 is 1.76 bits per heavy atom. The summed E-state index contributed by atoms with van der Waals surface area (Å²) in [5, 5.41) is 18.3. The molecule has 1 aliphatic carbocycles. The van der Waals surface area contributed by atoms with E-state index in [2.05, 4.69) is 14.9 Å². The molecule has 9 heteroatoms. The van der Waals surface area contributed by atoms with Crippen molar-refractivity contribution in [1.82, 2.24) is 20.0 Å². The maximum absolute atomic E-state index is 13.0. The van der Waals surface area contributed by atoms with Gasteiger partial charge in [-0.2, -0.15) is 5.10 Å². The molecule has 0 spiro atoms. The number of hydrogen-bond donors (Lipinski definition) is 2. The van der Waals surface area contributed by atoms with Crippen LogP contribution in [0.5, 0.6) is 0 Å². The quantitative estimate of drug-likeness (QED) is 0.687. The van der Waals surface area contributed by atoms with Crippen molar-refractivity contribution in [3.05, 3.63) is 16.6 Å². The van der Waals surface area contributed by atoms with Gasteiger partial charge in [-0.3, -0.25) is 14.3 Å². The van der Waals surface area contributed by atoms with E-state index in [-0.39, 0.29) is 17.9 Å². The standard InChI is InChI=1S/C24H34N4O4S/c1-15-20-14-21(33-23(20)28(26-15)19-8-12-32-13-9-19)22(29)25-17-2-4-18(5-3-17)27-10-6-16(7-11-27)24(30)31/h14,16-19H,2-13H2,1H3,(H,25,29)(H,30,31)/t17-,18-. The first-order valence-electron chi connectivity index (χ1n) is 12.3. The summed E-state index contributed by atoms with van der Waals surface area (Å²) in [6.07, 6.45) is 7.52. The number of piperidine rings is 1. The molecule has 3 aliphatic rings. The highest BCUT2D eigenvalue weighted by Gasteiger charge is 2.32. The highest BCUT2D eigenvalue weighted by atomic mass is 32.1. The molecule has 2 saturated heterocycles. The first kappa shape index (κ1) is 22.8. The average Bonchev–Trinajstić information content (AvgIpc) is 3.41. The van der Waals surface area contributed by atoms with Gasteiger partial charge in [0.05, 0.1) is 22.5 Å². The lowest BCUT2D eigenvalue weighted by Crippen LogP contribution is -2.47. The Labute approximate surface area is 198 Å². The number of rotatable bonds is 5. The second-order valence-corrected chi connectivity index (χ2v) is 10.9. The molecule has 4 heterocycles. The largest absolute Gasteiger partial charge is 0.481 e. The van der Waals surface area contributed by atoms with E-state index in [1.54, 1.807) is 11.3 Å². The van der Waals surface area contributed by atoms with E-state index in [0.29, 0.717) is 12.1 Å². The molecule has 5 rings (SSSR count). The Kier molecular flexibility index (Phi) is 6.72. The molecule has 2 aromatic rings. The summed E-state index contributed by atoms with van der Waals surface area (Å²) in [4.78, 5) is 28.6. The number of nitrogens with one attached hydrogen (secondary N) is 1. The van der Waals surface area contributed by atoms with Crippen LogP contribution in [0.15, 0.2) is 6.07 Å². The summed E-state index contributed by atoms with van der Waals surface area (Å²) in [6, 6.07) is 3.08. The second-order valence-electron chi connectivity index (χ2n) is 9.83. The molecule has 0 atom stereocenters. The fraction of sp³-hybridized carbons (Fsp3) is 0.708. The molecule has 2 aromatic heterocycles. The number of ether oxygens (including phenoxy) is 1. The van der Waals surface area contributed by atoms with Crippen molar-refractivity contribution < 1.29 is 19.4 Å². The molecule has 2 aliphatic heterocycles. The molecular formula is C24H34N4O4S. The Morgan fingerprint density at radius 3 is 2.42 bits per heavy atom. The Hall–Kier alpha value is -1.97. The number of carboxylic acids is 1. The van der Waals surface area contributed by atoms with Crippen molar-refractivity contribution in [2.75, 3.05) is 26.3 Å². The number of carboxylic acid groups (broad SMARTS) is 1. The first-order chi connectivity index (χ1) is 16.0. The van der Waals surface area contributed by atoms with Crippen molar-refractivity contribution in [3.8, 4) is 0 Å². The summed E-state index contributed by atoms with van der Waals surface area (Å²) in [7, 11) is 0. The molecule has 0 radical (unpaired) electrons.